The van der Waals surface area contributed by atoms with Gasteiger partial charge in [0.1, 0.15) is 0 Å². The molecule has 0 unspecified atom stereocenters. The van der Waals surface area contributed by atoms with E-state index in [-0.39, 0.29) is 0 Å². The van der Waals surface area contributed by atoms with Crippen molar-refractivity contribution in [3.05, 3.63) is 24.3 Å². The van der Waals surface area contributed by atoms with Crippen molar-refractivity contribution < 1.29 is 0 Å². The Morgan fingerprint density at radius 1 is 0.438 bits per heavy atom. The molecule has 0 spiro atoms. The Morgan fingerprint density at radius 3 is 1.03 bits per heavy atom. The van der Waals surface area contributed by atoms with E-state index in [1.54, 1.807) is 0 Å². The Balaban J connectivity index is 1.19. The van der Waals surface area contributed by atoms with Crippen molar-refractivity contribution in [3.8, 4) is 0 Å². The van der Waals surface area contributed by atoms with E-state index >= 15 is 0 Å². The van der Waals surface area contributed by atoms with Gasteiger partial charge < -0.3 is 0 Å². The standard InChI is InChI=1S/C32H54/c1-25-7-11-27(12-8-25)29-15-21-31(3,22-16-29)19-5-6-20-32(4)23-17-30(18-24-32)28-13-9-26(2)10-14-28/h5-6,19-20,25-30H,7-18,21-24H2,1-4H3/b19-5+,20-6+. The van der Waals surface area contributed by atoms with Crippen molar-refractivity contribution in [2.24, 2.45) is 46.3 Å². The number of hydrogen-bond donors (Lipinski definition) is 0. The molecule has 182 valence electrons. The van der Waals surface area contributed by atoms with E-state index in [1.165, 1.54) is 103 Å². The molecule has 4 saturated carbocycles. The van der Waals surface area contributed by atoms with Gasteiger partial charge in [0.05, 0.1) is 0 Å². The van der Waals surface area contributed by atoms with Crippen LogP contribution in [0.25, 0.3) is 0 Å². The lowest BCUT2D eigenvalue weighted by molar-refractivity contribution is 0.130. The molecule has 0 aromatic rings. The summed E-state index contributed by atoms with van der Waals surface area (Å²) in [6.45, 7) is 9.95. The molecule has 4 rings (SSSR count). The topological polar surface area (TPSA) is 0 Å². The molecule has 0 aromatic carbocycles. The average Bonchev–Trinajstić information content (AvgIpc) is 2.79. The molecule has 0 nitrogen and oxygen atoms in total. The minimum absolute atomic E-state index is 0.444. The van der Waals surface area contributed by atoms with Crippen LogP contribution in [0.2, 0.25) is 0 Å². The van der Waals surface area contributed by atoms with Gasteiger partial charge in [-0.3, -0.25) is 0 Å². The summed E-state index contributed by atoms with van der Waals surface area (Å²) >= 11 is 0. The van der Waals surface area contributed by atoms with Crippen LogP contribution < -0.4 is 0 Å². The van der Waals surface area contributed by atoms with Crippen molar-refractivity contribution in [2.45, 2.75) is 130 Å². The summed E-state index contributed by atoms with van der Waals surface area (Å²) < 4.78 is 0. The Bertz CT molecular complexity index is 550. The lowest BCUT2D eigenvalue weighted by Gasteiger charge is -2.41. The Kier molecular flexibility index (Phi) is 8.32. The molecule has 0 atom stereocenters. The molecule has 0 heterocycles. The maximum Gasteiger partial charge on any atom is -0.0143 e. The molecule has 32 heavy (non-hydrogen) atoms. The van der Waals surface area contributed by atoms with Gasteiger partial charge in [-0.15, -0.1) is 0 Å². The van der Waals surface area contributed by atoms with Crippen molar-refractivity contribution in [1.82, 2.24) is 0 Å². The molecule has 0 bridgehead atoms. The summed E-state index contributed by atoms with van der Waals surface area (Å²) in [7, 11) is 0. The molecule has 0 aromatic heterocycles. The van der Waals surface area contributed by atoms with E-state index in [0.717, 1.165) is 35.5 Å². The molecule has 4 aliphatic rings. The van der Waals surface area contributed by atoms with Crippen molar-refractivity contribution in [3.63, 3.8) is 0 Å². The monoisotopic (exact) mass is 438 g/mol. The normalized spacial score (nSPS) is 46.6. The molecule has 0 N–H and O–H groups in total. The third-order valence-corrected chi connectivity index (χ3v) is 10.9. The van der Waals surface area contributed by atoms with E-state index < -0.39 is 0 Å². The Morgan fingerprint density at radius 2 is 0.719 bits per heavy atom. The van der Waals surface area contributed by atoms with E-state index in [0.29, 0.717) is 10.8 Å². The van der Waals surface area contributed by atoms with Gasteiger partial charge in [-0.25, -0.2) is 0 Å². The molecular weight excluding hydrogens is 384 g/mol. The molecule has 0 aliphatic heterocycles. The zero-order valence-corrected chi connectivity index (χ0v) is 22.1. The zero-order valence-electron chi connectivity index (χ0n) is 22.1. The highest BCUT2D eigenvalue weighted by molar-refractivity contribution is 5.13. The van der Waals surface area contributed by atoms with Gasteiger partial charge in [-0.05, 0) is 123 Å². The third kappa shape index (κ3) is 6.54. The third-order valence-electron chi connectivity index (χ3n) is 10.9. The predicted octanol–water partition coefficient (Wildman–Crippen LogP) is 10.1. The highest BCUT2D eigenvalue weighted by atomic mass is 14.4. The second kappa shape index (κ2) is 10.8. The molecular formula is C32H54. The summed E-state index contributed by atoms with van der Waals surface area (Å²) in [6.07, 6.45) is 33.5. The first kappa shape index (κ1) is 24.6. The van der Waals surface area contributed by atoms with Crippen molar-refractivity contribution in [2.75, 3.05) is 0 Å². The minimum atomic E-state index is 0.444. The van der Waals surface area contributed by atoms with Crippen LogP contribution >= 0.6 is 0 Å². The summed E-state index contributed by atoms with van der Waals surface area (Å²) in [5, 5.41) is 0. The molecule has 4 fully saturated rings. The smallest absolute Gasteiger partial charge is 0.0143 e. The summed E-state index contributed by atoms with van der Waals surface area (Å²) in [4.78, 5) is 0. The molecule has 0 radical (unpaired) electrons. The Labute approximate surface area is 201 Å². The number of hydrogen-bond acceptors (Lipinski definition) is 0. The lowest BCUT2D eigenvalue weighted by atomic mass is 9.65. The van der Waals surface area contributed by atoms with Gasteiger partial charge in [0, 0.05) is 0 Å². The average molecular weight is 439 g/mol. The number of allylic oxidation sites excluding steroid dienone is 4. The molecule has 0 amide bonds. The van der Waals surface area contributed by atoms with Gasteiger partial charge in [0.2, 0.25) is 0 Å². The predicted molar refractivity (Wildman–Crippen MR) is 141 cm³/mol. The zero-order chi connectivity index (χ0) is 22.6. The van der Waals surface area contributed by atoms with Crippen LogP contribution in [0, 0.1) is 46.3 Å². The fourth-order valence-corrected chi connectivity index (χ4v) is 7.97. The maximum atomic E-state index is 2.57. The summed E-state index contributed by atoms with van der Waals surface area (Å²) in [5.74, 6) is 6.13. The highest BCUT2D eigenvalue weighted by Crippen LogP contribution is 2.47. The quantitative estimate of drug-likeness (QED) is 0.374. The molecule has 0 heteroatoms. The summed E-state index contributed by atoms with van der Waals surface area (Å²) in [6, 6.07) is 0. The van der Waals surface area contributed by atoms with Gasteiger partial charge in [0.25, 0.3) is 0 Å². The van der Waals surface area contributed by atoms with E-state index in [1.807, 2.05) is 0 Å². The van der Waals surface area contributed by atoms with Crippen LogP contribution in [0.4, 0.5) is 0 Å². The second-order valence-corrected chi connectivity index (χ2v) is 13.7. The van der Waals surface area contributed by atoms with Crippen LogP contribution in [0.3, 0.4) is 0 Å². The second-order valence-electron chi connectivity index (χ2n) is 13.7. The SMILES string of the molecule is CC1CCC(C2CCC(C)(/C=C/C=C/C3(C)CCC(C4CCC(C)CC4)CC3)CC2)CC1. The van der Waals surface area contributed by atoms with Gasteiger partial charge in [0.15, 0.2) is 0 Å². The van der Waals surface area contributed by atoms with E-state index in [2.05, 4.69) is 52.0 Å². The fourth-order valence-electron chi connectivity index (χ4n) is 7.97. The first-order valence-corrected chi connectivity index (χ1v) is 14.7. The van der Waals surface area contributed by atoms with E-state index in [4.69, 9.17) is 0 Å². The maximum absolute atomic E-state index is 2.57. The van der Waals surface area contributed by atoms with E-state index in [9.17, 15) is 0 Å². The lowest BCUT2D eigenvalue weighted by Crippen LogP contribution is -2.29. The summed E-state index contributed by atoms with van der Waals surface area (Å²) in [5.41, 5.74) is 0.888. The van der Waals surface area contributed by atoms with Crippen LogP contribution in [-0.4, -0.2) is 0 Å². The van der Waals surface area contributed by atoms with Gasteiger partial charge in [-0.2, -0.15) is 0 Å². The van der Waals surface area contributed by atoms with Gasteiger partial charge >= 0.3 is 0 Å². The van der Waals surface area contributed by atoms with Crippen LogP contribution in [0.5, 0.6) is 0 Å². The van der Waals surface area contributed by atoms with Crippen LogP contribution in [0.15, 0.2) is 24.3 Å². The largest absolute Gasteiger partial charge is 0.0786 e. The Hall–Kier alpha value is -0.520. The van der Waals surface area contributed by atoms with Crippen LogP contribution in [-0.2, 0) is 0 Å². The van der Waals surface area contributed by atoms with Crippen molar-refractivity contribution in [1.29, 1.82) is 0 Å². The molecule has 0 saturated heterocycles. The highest BCUT2D eigenvalue weighted by Gasteiger charge is 2.35. The first-order chi connectivity index (χ1) is 15.3. The van der Waals surface area contributed by atoms with Crippen LogP contribution in [0.1, 0.15) is 130 Å². The first-order valence-electron chi connectivity index (χ1n) is 14.7. The minimum Gasteiger partial charge on any atom is -0.0786 e. The van der Waals surface area contributed by atoms with Crippen molar-refractivity contribution >= 4 is 0 Å². The fraction of sp³-hybridized carbons (Fsp3) is 0.875. The number of rotatable bonds is 5. The van der Waals surface area contributed by atoms with Gasteiger partial charge in [-0.1, -0.05) is 77.7 Å². The molecule has 4 aliphatic carbocycles.